The second kappa shape index (κ2) is 5.68. The summed E-state index contributed by atoms with van der Waals surface area (Å²) in [6.07, 6.45) is 1.97. The second-order valence-electron chi connectivity index (χ2n) is 4.78. The molecule has 17 heavy (non-hydrogen) atoms. The molecule has 0 bridgehead atoms. The van der Waals surface area contributed by atoms with E-state index in [0.29, 0.717) is 11.3 Å². The number of benzene rings is 1. The Balaban J connectivity index is 2.83. The van der Waals surface area contributed by atoms with Gasteiger partial charge in [0, 0.05) is 5.54 Å². The fourth-order valence-corrected chi connectivity index (χ4v) is 1.87. The Labute approximate surface area is 103 Å². The quantitative estimate of drug-likeness (QED) is 0.542. The summed E-state index contributed by atoms with van der Waals surface area (Å²) in [6.45, 7) is 6.14. The van der Waals surface area contributed by atoms with E-state index in [0.717, 1.165) is 12.8 Å². The Bertz CT molecular complexity index is 388. The number of carbonyl (C=O) groups is 1. The van der Waals surface area contributed by atoms with E-state index in [1.165, 1.54) is 0 Å². The van der Waals surface area contributed by atoms with Crippen molar-refractivity contribution in [3.05, 3.63) is 29.8 Å². The molecular formula is C13H21N3O. The molecule has 0 saturated carbocycles. The first-order valence-electron chi connectivity index (χ1n) is 5.88. The minimum absolute atomic E-state index is 0.1000. The highest BCUT2D eigenvalue weighted by Crippen LogP contribution is 2.16. The standard InChI is InChI=1S/C13H21N3O/c1-4-9-13(2,3)15-12(17)10-7-5-6-8-11(10)16-14/h5-8,16H,4,9,14H2,1-3H3,(H,15,17). The number of nitrogens with two attached hydrogens (primary N) is 1. The number of anilines is 1. The molecule has 4 heteroatoms. The van der Waals surface area contributed by atoms with Gasteiger partial charge in [0.25, 0.3) is 5.91 Å². The third-order valence-corrected chi connectivity index (χ3v) is 2.65. The van der Waals surface area contributed by atoms with E-state index >= 15 is 0 Å². The molecule has 4 N–H and O–H groups in total. The highest BCUT2D eigenvalue weighted by atomic mass is 16.1. The van der Waals surface area contributed by atoms with Gasteiger partial charge in [0.2, 0.25) is 0 Å². The highest BCUT2D eigenvalue weighted by molar-refractivity contribution is 5.99. The predicted molar refractivity (Wildman–Crippen MR) is 70.7 cm³/mol. The summed E-state index contributed by atoms with van der Waals surface area (Å²) in [4.78, 5) is 12.1. The Morgan fingerprint density at radius 3 is 2.59 bits per heavy atom. The molecule has 0 unspecified atom stereocenters. The van der Waals surface area contributed by atoms with Crippen molar-refractivity contribution in [2.24, 2.45) is 5.84 Å². The molecule has 1 amide bonds. The van der Waals surface area contributed by atoms with Crippen molar-refractivity contribution >= 4 is 11.6 Å². The summed E-state index contributed by atoms with van der Waals surface area (Å²) in [6, 6.07) is 7.19. The van der Waals surface area contributed by atoms with Gasteiger partial charge in [-0.05, 0) is 32.4 Å². The zero-order chi connectivity index (χ0) is 12.9. The molecule has 0 aliphatic rings. The molecule has 0 atom stereocenters. The van der Waals surface area contributed by atoms with E-state index in [1.54, 1.807) is 12.1 Å². The summed E-state index contributed by atoms with van der Waals surface area (Å²) < 4.78 is 0. The van der Waals surface area contributed by atoms with Crippen molar-refractivity contribution in [2.45, 2.75) is 39.2 Å². The first-order valence-corrected chi connectivity index (χ1v) is 5.88. The number of nitrogen functional groups attached to an aromatic ring is 1. The molecule has 4 nitrogen and oxygen atoms in total. The molecule has 0 aliphatic heterocycles. The lowest BCUT2D eigenvalue weighted by atomic mass is 9.98. The molecule has 1 aromatic carbocycles. The molecule has 94 valence electrons. The lowest BCUT2D eigenvalue weighted by Gasteiger charge is -2.26. The highest BCUT2D eigenvalue weighted by Gasteiger charge is 2.21. The van der Waals surface area contributed by atoms with Crippen LogP contribution in [-0.4, -0.2) is 11.4 Å². The summed E-state index contributed by atoms with van der Waals surface area (Å²) in [5.41, 5.74) is 3.54. The molecule has 1 rings (SSSR count). The van der Waals surface area contributed by atoms with Crippen molar-refractivity contribution in [3.63, 3.8) is 0 Å². The summed E-state index contributed by atoms with van der Waals surface area (Å²) in [7, 11) is 0. The Morgan fingerprint density at radius 1 is 1.35 bits per heavy atom. The van der Waals surface area contributed by atoms with E-state index in [1.807, 2.05) is 26.0 Å². The second-order valence-corrected chi connectivity index (χ2v) is 4.78. The van der Waals surface area contributed by atoms with Crippen LogP contribution in [0.25, 0.3) is 0 Å². The third-order valence-electron chi connectivity index (χ3n) is 2.65. The van der Waals surface area contributed by atoms with Crippen LogP contribution in [0.4, 0.5) is 5.69 Å². The van der Waals surface area contributed by atoms with Gasteiger partial charge in [0.05, 0.1) is 11.3 Å². The van der Waals surface area contributed by atoms with Gasteiger partial charge in [0.15, 0.2) is 0 Å². The van der Waals surface area contributed by atoms with E-state index < -0.39 is 0 Å². The van der Waals surface area contributed by atoms with Gasteiger partial charge in [-0.15, -0.1) is 0 Å². The van der Waals surface area contributed by atoms with Crippen LogP contribution in [0.5, 0.6) is 0 Å². The van der Waals surface area contributed by atoms with Crippen LogP contribution in [0.3, 0.4) is 0 Å². The van der Waals surface area contributed by atoms with Crippen LogP contribution >= 0.6 is 0 Å². The summed E-state index contributed by atoms with van der Waals surface area (Å²) in [5.74, 6) is 5.28. The minimum Gasteiger partial charge on any atom is -0.347 e. The smallest absolute Gasteiger partial charge is 0.253 e. The monoisotopic (exact) mass is 235 g/mol. The Hall–Kier alpha value is -1.55. The largest absolute Gasteiger partial charge is 0.347 e. The number of carbonyl (C=O) groups excluding carboxylic acids is 1. The molecule has 0 spiro atoms. The van der Waals surface area contributed by atoms with E-state index in [9.17, 15) is 4.79 Å². The van der Waals surface area contributed by atoms with Crippen molar-refractivity contribution in [2.75, 3.05) is 5.43 Å². The van der Waals surface area contributed by atoms with Crippen LogP contribution < -0.4 is 16.6 Å². The lowest BCUT2D eigenvalue weighted by molar-refractivity contribution is 0.0910. The molecule has 0 aromatic heterocycles. The Morgan fingerprint density at radius 2 is 2.00 bits per heavy atom. The van der Waals surface area contributed by atoms with Crippen molar-refractivity contribution in [1.82, 2.24) is 5.32 Å². The fraction of sp³-hybridized carbons (Fsp3) is 0.462. The molecule has 0 heterocycles. The van der Waals surface area contributed by atoms with Crippen molar-refractivity contribution in [3.8, 4) is 0 Å². The SMILES string of the molecule is CCCC(C)(C)NC(=O)c1ccccc1NN. The first kappa shape index (κ1) is 13.5. The minimum atomic E-state index is -0.201. The van der Waals surface area contributed by atoms with Crippen LogP contribution in [0.15, 0.2) is 24.3 Å². The number of hydrogen-bond acceptors (Lipinski definition) is 3. The first-order chi connectivity index (χ1) is 8.00. The number of rotatable bonds is 5. The number of hydrogen-bond donors (Lipinski definition) is 3. The normalized spacial score (nSPS) is 11.1. The van der Waals surface area contributed by atoms with Gasteiger partial charge >= 0.3 is 0 Å². The molecular weight excluding hydrogens is 214 g/mol. The zero-order valence-corrected chi connectivity index (χ0v) is 10.7. The molecule has 0 radical (unpaired) electrons. The number of nitrogens with one attached hydrogen (secondary N) is 2. The van der Waals surface area contributed by atoms with Gasteiger partial charge in [-0.2, -0.15) is 0 Å². The number of para-hydroxylation sites is 1. The maximum absolute atomic E-state index is 12.1. The fourth-order valence-electron chi connectivity index (χ4n) is 1.87. The average Bonchev–Trinajstić information content (AvgIpc) is 2.28. The lowest BCUT2D eigenvalue weighted by Crippen LogP contribution is -2.43. The van der Waals surface area contributed by atoms with Gasteiger partial charge in [-0.3, -0.25) is 10.6 Å². The molecule has 0 fully saturated rings. The van der Waals surface area contributed by atoms with Gasteiger partial charge in [0.1, 0.15) is 0 Å². The van der Waals surface area contributed by atoms with E-state index in [2.05, 4.69) is 17.7 Å². The number of hydrazine groups is 1. The molecule has 1 aromatic rings. The maximum Gasteiger partial charge on any atom is 0.253 e. The van der Waals surface area contributed by atoms with Gasteiger partial charge in [-0.25, -0.2) is 0 Å². The predicted octanol–water partition coefficient (Wildman–Crippen LogP) is 2.28. The van der Waals surface area contributed by atoms with E-state index in [-0.39, 0.29) is 11.4 Å². The zero-order valence-electron chi connectivity index (χ0n) is 10.7. The third kappa shape index (κ3) is 3.75. The van der Waals surface area contributed by atoms with Crippen LogP contribution in [0, 0.1) is 0 Å². The van der Waals surface area contributed by atoms with Gasteiger partial charge in [-0.1, -0.05) is 25.5 Å². The van der Waals surface area contributed by atoms with Gasteiger partial charge < -0.3 is 10.7 Å². The molecule has 0 saturated heterocycles. The average molecular weight is 235 g/mol. The topological polar surface area (TPSA) is 67.2 Å². The van der Waals surface area contributed by atoms with Crippen molar-refractivity contribution < 1.29 is 4.79 Å². The number of amides is 1. The van der Waals surface area contributed by atoms with Crippen molar-refractivity contribution in [1.29, 1.82) is 0 Å². The summed E-state index contributed by atoms with van der Waals surface area (Å²) in [5, 5.41) is 3.01. The van der Waals surface area contributed by atoms with Crippen LogP contribution in [0.2, 0.25) is 0 Å². The van der Waals surface area contributed by atoms with Crippen LogP contribution in [0.1, 0.15) is 44.0 Å². The van der Waals surface area contributed by atoms with Crippen LogP contribution in [-0.2, 0) is 0 Å². The Kier molecular flexibility index (Phi) is 4.52. The molecule has 0 aliphatic carbocycles. The summed E-state index contributed by atoms with van der Waals surface area (Å²) >= 11 is 0. The van der Waals surface area contributed by atoms with E-state index in [4.69, 9.17) is 5.84 Å². The maximum atomic E-state index is 12.1.